The Bertz CT molecular complexity index is 1590. The van der Waals surface area contributed by atoms with E-state index in [1.54, 1.807) is 37.3 Å². The van der Waals surface area contributed by atoms with Gasteiger partial charge in [0.2, 0.25) is 5.91 Å². The molecule has 0 bridgehead atoms. The third-order valence-corrected chi connectivity index (χ3v) is 7.42. The van der Waals surface area contributed by atoms with Gasteiger partial charge in [0, 0.05) is 48.7 Å². The van der Waals surface area contributed by atoms with Crippen LogP contribution in [0.25, 0.3) is 10.9 Å². The first-order valence-corrected chi connectivity index (χ1v) is 13.7. The van der Waals surface area contributed by atoms with Gasteiger partial charge in [0.1, 0.15) is 5.75 Å². The van der Waals surface area contributed by atoms with Crippen molar-refractivity contribution in [2.24, 2.45) is 7.05 Å². The molecule has 0 radical (unpaired) electrons. The summed E-state index contributed by atoms with van der Waals surface area (Å²) in [6.07, 6.45) is 2.52. The molecule has 0 saturated carbocycles. The second-order valence-corrected chi connectivity index (χ2v) is 10.2. The maximum absolute atomic E-state index is 12.8. The van der Waals surface area contributed by atoms with Crippen LogP contribution >= 0.6 is 0 Å². The summed E-state index contributed by atoms with van der Waals surface area (Å²) in [7, 11) is -0.574. The van der Waals surface area contributed by atoms with Gasteiger partial charge in [-0.2, -0.15) is 0 Å². The quantitative estimate of drug-likeness (QED) is 0.339. The SMILES string of the molecule is CC.COc1cc(C(=O)NS(=O)(=O)c2ccccc2C)ccc1Cc1cn(C)c2ccc(NC(C)=O)cc12. The lowest BCUT2D eigenvalue weighted by Crippen LogP contribution is -2.31. The molecule has 2 amide bonds. The van der Waals surface area contributed by atoms with E-state index >= 15 is 0 Å². The van der Waals surface area contributed by atoms with Crippen LogP contribution in [0.15, 0.2) is 71.8 Å². The number of carbonyl (C=O) groups is 2. The zero-order valence-corrected chi connectivity index (χ0v) is 23.3. The minimum absolute atomic E-state index is 0.0523. The number of hydrogen-bond acceptors (Lipinski definition) is 5. The maximum atomic E-state index is 12.8. The molecule has 2 N–H and O–H groups in total. The topological polar surface area (TPSA) is 106 Å². The predicted molar refractivity (Wildman–Crippen MR) is 150 cm³/mol. The first-order chi connectivity index (χ1) is 18.1. The Morgan fingerprint density at radius 2 is 1.68 bits per heavy atom. The number of fused-ring (bicyclic) bond motifs is 1. The fourth-order valence-electron chi connectivity index (χ4n) is 4.23. The molecule has 3 aromatic carbocycles. The van der Waals surface area contributed by atoms with Gasteiger partial charge in [0.25, 0.3) is 15.9 Å². The van der Waals surface area contributed by atoms with Crippen LogP contribution in [0.4, 0.5) is 5.69 Å². The number of aryl methyl sites for hydroxylation is 2. The van der Waals surface area contributed by atoms with Crippen molar-refractivity contribution in [2.45, 2.75) is 39.0 Å². The molecule has 0 fully saturated rings. The summed E-state index contributed by atoms with van der Waals surface area (Å²) in [4.78, 5) is 24.3. The minimum Gasteiger partial charge on any atom is -0.496 e. The molecule has 0 unspecified atom stereocenters. The molecule has 0 spiro atoms. The lowest BCUT2D eigenvalue weighted by molar-refractivity contribution is -0.114. The second-order valence-electron chi connectivity index (χ2n) is 8.58. The molecule has 0 atom stereocenters. The van der Waals surface area contributed by atoms with Gasteiger partial charge in [-0.1, -0.05) is 38.1 Å². The number of methoxy groups -OCH3 is 1. The summed E-state index contributed by atoms with van der Waals surface area (Å²) < 4.78 is 35.1. The van der Waals surface area contributed by atoms with Crippen molar-refractivity contribution in [3.05, 3.63) is 89.1 Å². The van der Waals surface area contributed by atoms with Crippen molar-refractivity contribution in [1.82, 2.24) is 9.29 Å². The van der Waals surface area contributed by atoms with E-state index in [-0.39, 0.29) is 16.4 Å². The van der Waals surface area contributed by atoms with Crippen LogP contribution in [0.3, 0.4) is 0 Å². The van der Waals surface area contributed by atoms with Crippen LogP contribution in [0.1, 0.15) is 47.8 Å². The molecule has 9 heteroatoms. The number of sulfonamides is 1. The number of ether oxygens (including phenoxy) is 1. The van der Waals surface area contributed by atoms with E-state index in [9.17, 15) is 18.0 Å². The fraction of sp³-hybridized carbons (Fsp3) is 0.241. The largest absolute Gasteiger partial charge is 0.496 e. The van der Waals surface area contributed by atoms with Gasteiger partial charge in [-0.3, -0.25) is 9.59 Å². The Labute approximate surface area is 223 Å². The Hall–Kier alpha value is -4.11. The summed E-state index contributed by atoms with van der Waals surface area (Å²) in [5, 5.41) is 3.79. The Morgan fingerprint density at radius 1 is 0.974 bits per heavy atom. The van der Waals surface area contributed by atoms with Crippen LogP contribution in [0.5, 0.6) is 5.75 Å². The van der Waals surface area contributed by atoms with E-state index in [2.05, 4.69) is 10.0 Å². The normalized spacial score (nSPS) is 10.9. The van der Waals surface area contributed by atoms with E-state index < -0.39 is 15.9 Å². The highest BCUT2D eigenvalue weighted by molar-refractivity contribution is 7.90. The van der Waals surface area contributed by atoms with Crippen LogP contribution in [-0.2, 0) is 28.3 Å². The first-order valence-electron chi connectivity index (χ1n) is 12.2. The van der Waals surface area contributed by atoms with Crippen molar-refractivity contribution in [3.8, 4) is 5.75 Å². The number of anilines is 1. The maximum Gasteiger partial charge on any atom is 0.265 e. The van der Waals surface area contributed by atoms with Crippen LogP contribution < -0.4 is 14.8 Å². The monoisotopic (exact) mass is 535 g/mol. The van der Waals surface area contributed by atoms with Gasteiger partial charge < -0.3 is 14.6 Å². The molecule has 4 rings (SSSR count). The fourth-order valence-corrected chi connectivity index (χ4v) is 5.45. The van der Waals surface area contributed by atoms with Gasteiger partial charge >= 0.3 is 0 Å². The number of amides is 2. The Kier molecular flexibility index (Phi) is 8.96. The van der Waals surface area contributed by atoms with E-state index in [0.29, 0.717) is 23.4 Å². The summed E-state index contributed by atoms with van der Waals surface area (Å²) in [5.74, 6) is -0.425. The smallest absolute Gasteiger partial charge is 0.265 e. The highest BCUT2D eigenvalue weighted by Gasteiger charge is 2.21. The van der Waals surface area contributed by atoms with Gasteiger partial charge in [-0.15, -0.1) is 0 Å². The molecule has 1 aromatic heterocycles. The molecule has 8 nitrogen and oxygen atoms in total. The molecule has 0 aliphatic rings. The molecule has 38 heavy (non-hydrogen) atoms. The number of benzene rings is 3. The molecule has 200 valence electrons. The lowest BCUT2D eigenvalue weighted by Gasteiger charge is -2.12. The number of nitrogens with one attached hydrogen (secondary N) is 2. The second kappa shape index (κ2) is 12.0. The average molecular weight is 536 g/mol. The van der Waals surface area contributed by atoms with Crippen molar-refractivity contribution < 1.29 is 22.7 Å². The number of carbonyl (C=O) groups excluding carboxylic acids is 2. The van der Waals surface area contributed by atoms with Gasteiger partial charge in [0.15, 0.2) is 0 Å². The van der Waals surface area contributed by atoms with E-state index in [4.69, 9.17) is 4.74 Å². The summed E-state index contributed by atoms with van der Waals surface area (Å²) in [5.41, 5.74) is 4.26. The van der Waals surface area contributed by atoms with Crippen LogP contribution in [0.2, 0.25) is 0 Å². The highest BCUT2D eigenvalue weighted by Crippen LogP contribution is 2.30. The first kappa shape index (κ1) is 28.5. The van der Waals surface area contributed by atoms with Crippen molar-refractivity contribution in [1.29, 1.82) is 0 Å². The third-order valence-electron chi connectivity index (χ3n) is 5.93. The number of nitrogens with zero attached hydrogens (tertiary/aromatic N) is 1. The lowest BCUT2D eigenvalue weighted by atomic mass is 10.0. The number of aromatic nitrogens is 1. The number of hydrogen-bond donors (Lipinski definition) is 2. The molecule has 0 aliphatic heterocycles. The van der Waals surface area contributed by atoms with E-state index in [1.165, 1.54) is 26.2 Å². The molecular weight excluding hydrogens is 502 g/mol. The van der Waals surface area contributed by atoms with Crippen molar-refractivity contribution in [2.75, 3.05) is 12.4 Å². The standard InChI is InChI=1S/C27H27N3O5S.C2H6/c1-17-7-5-6-8-26(17)36(33,34)29-27(32)20-10-9-19(25(14-20)35-4)13-21-16-30(3)24-12-11-22(15-23(21)24)28-18(2)31;1-2/h5-12,14-16H,13H2,1-4H3,(H,28,31)(H,29,32);1-2H3. The summed E-state index contributed by atoms with van der Waals surface area (Å²) >= 11 is 0. The highest BCUT2D eigenvalue weighted by atomic mass is 32.2. The zero-order chi connectivity index (χ0) is 28.0. The Morgan fingerprint density at radius 3 is 2.34 bits per heavy atom. The van der Waals surface area contributed by atoms with E-state index in [0.717, 1.165) is 22.0 Å². The summed E-state index contributed by atoms with van der Waals surface area (Å²) in [6, 6.07) is 17.1. The van der Waals surface area contributed by atoms with Crippen LogP contribution in [-0.4, -0.2) is 31.9 Å². The predicted octanol–water partition coefficient (Wildman–Crippen LogP) is 5.19. The molecule has 1 heterocycles. The van der Waals surface area contributed by atoms with Gasteiger partial charge in [-0.05, 0) is 60.0 Å². The summed E-state index contributed by atoms with van der Waals surface area (Å²) in [6.45, 7) is 7.13. The van der Waals surface area contributed by atoms with Gasteiger partial charge in [-0.25, -0.2) is 13.1 Å². The van der Waals surface area contributed by atoms with Crippen molar-refractivity contribution in [3.63, 3.8) is 0 Å². The minimum atomic E-state index is -4.02. The third kappa shape index (κ3) is 6.23. The molecular formula is C29H33N3O5S. The van der Waals surface area contributed by atoms with E-state index in [1.807, 2.05) is 49.9 Å². The molecule has 4 aromatic rings. The number of rotatable bonds is 7. The van der Waals surface area contributed by atoms with Crippen molar-refractivity contribution >= 4 is 38.4 Å². The zero-order valence-electron chi connectivity index (χ0n) is 22.5. The van der Waals surface area contributed by atoms with Crippen LogP contribution in [0, 0.1) is 6.92 Å². The molecule has 0 aliphatic carbocycles. The average Bonchev–Trinajstić information content (AvgIpc) is 3.19. The Balaban J connectivity index is 0.00000195. The molecule has 0 saturated heterocycles. The van der Waals surface area contributed by atoms with Gasteiger partial charge in [0.05, 0.1) is 12.0 Å².